The summed E-state index contributed by atoms with van der Waals surface area (Å²) in [5.74, 6) is 0.950. The number of rotatable bonds is 4. The summed E-state index contributed by atoms with van der Waals surface area (Å²) in [6, 6.07) is 6.01. The van der Waals surface area contributed by atoms with Gasteiger partial charge in [-0.15, -0.1) is 0 Å². The zero-order chi connectivity index (χ0) is 13.3. The lowest BCUT2D eigenvalue weighted by molar-refractivity contribution is 0.0959. The minimum Gasteiger partial charge on any atom is -0.487 e. The van der Waals surface area contributed by atoms with Crippen LogP contribution in [0.2, 0.25) is 0 Å². The van der Waals surface area contributed by atoms with Crippen molar-refractivity contribution < 1.29 is 9.84 Å². The third kappa shape index (κ3) is 2.38. The van der Waals surface area contributed by atoms with E-state index >= 15 is 0 Å². The number of hydrogen-bond donors (Lipinski definition) is 2. The summed E-state index contributed by atoms with van der Waals surface area (Å²) in [7, 11) is 0. The standard InChI is InChI=1S/C15H23NO2/c1-4-10(9-16)13(17)12-7-5-6-11-8-15(2,3)18-14(11)12/h5-7,10,13,17H,4,8-9,16H2,1-3H3. The van der Waals surface area contributed by atoms with Crippen LogP contribution in [0.15, 0.2) is 18.2 Å². The van der Waals surface area contributed by atoms with Crippen LogP contribution in [0.3, 0.4) is 0 Å². The predicted octanol–water partition coefficient (Wildman–Crippen LogP) is 2.42. The van der Waals surface area contributed by atoms with Gasteiger partial charge in [0.25, 0.3) is 0 Å². The highest BCUT2D eigenvalue weighted by Crippen LogP contribution is 2.41. The van der Waals surface area contributed by atoms with Gasteiger partial charge in [0.1, 0.15) is 11.4 Å². The van der Waals surface area contributed by atoms with Crippen LogP contribution >= 0.6 is 0 Å². The van der Waals surface area contributed by atoms with Gasteiger partial charge in [-0.05, 0) is 32.4 Å². The minimum absolute atomic E-state index is 0.0869. The molecule has 3 nitrogen and oxygen atoms in total. The van der Waals surface area contributed by atoms with Crippen LogP contribution in [0.4, 0.5) is 0 Å². The van der Waals surface area contributed by atoms with Crippen LogP contribution in [0.25, 0.3) is 0 Å². The average molecular weight is 249 g/mol. The van der Waals surface area contributed by atoms with Crippen molar-refractivity contribution >= 4 is 0 Å². The van der Waals surface area contributed by atoms with E-state index in [1.807, 2.05) is 12.1 Å². The molecule has 0 amide bonds. The van der Waals surface area contributed by atoms with Gasteiger partial charge < -0.3 is 15.6 Å². The van der Waals surface area contributed by atoms with Crippen LogP contribution in [-0.4, -0.2) is 17.3 Å². The highest BCUT2D eigenvalue weighted by atomic mass is 16.5. The van der Waals surface area contributed by atoms with Crippen LogP contribution < -0.4 is 10.5 Å². The lowest BCUT2D eigenvalue weighted by atomic mass is 9.91. The molecule has 0 aromatic heterocycles. The zero-order valence-electron chi connectivity index (χ0n) is 11.4. The average Bonchev–Trinajstić information content (AvgIpc) is 2.63. The van der Waals surface area contributed by atoms with Gasteiger partial charge in [-0.1, -0.05) is 25.1 Å². The molecule has 1 aliphatic rings. The molecule has 3 heteroatoms. The predicted molar refractivity (Wildman–Crippen MR) is 72.6 cm³/mol. The molecule has 2 rings (SSSR count). The van der Waals surface area contributed by atoms with E-state index in [1.54, 1.807) is 0 Å². The van der Waals surface area contributed by atoms with Crippen molar-refractivity contribution in [2.24, 2.45) is 11.7 Å². The Kier molecular flexibility index (Phi) is 3.64. The fourth-order valence-electron chi connectivity index (χ4n) is 2.65. The second-order valence-electron chi connectivity index (χ2n) is 5.72. The maximum absolute atomic E-state index is 10.5. The molecule has 100 valence electrons. The molecule has 1 heterocycles. The fraction of sp³-hybridized carbons (Fsp3) is 0.600. The summed E-state index contributed by atoms with van der Waals surface area (Å²) >= 11 is 0. The van der Waals surface area contributed by atoms with Crippen LogP contribution in [0.1, 0.15) is 44.4 Å². The van der Waals surface area contributed by atoms with E-state index in [-0.39, 0.29) is 11.5 Å². The molecule has 0 aliphatic carbocycles. The molecule has 0 bridgehead atoms. The van der Waals surface area contributed by atoms with E-state index in [2.05, 4.69) is 26.8 Å². The second-order valence-corrected chi connectivity index (χ2v) is 5.72. The van der Waals surface area contributed by atoms with Crippen molar-refractivity contribution in [1.29, 1.82) is 0 Å². The highest BCUT2D eigenvalue weighted by Gasteiger charge is 2.34. The summed E-state index contributed by atoms with van der Waals surface area (Å²) < 4.78 is 5.98. The van der Waals surface area contributed by atoms with E-state index in [0.717, 1.165) is 24.2 Å². The molecular weight excluding hydrogens is 226 g/mol. The van der Waals surface area contributed by atoms with E-state index in [4.69, 9.17) is 10.5 Å². The molecule has 0 spiro atoms. The van der Waals surface area contributed by atoms with Crippen LogP contribution in [0.5, 0.6) is 5.75 Å². The van der Waals surface area contributed by atoms with Crippen molar-refractivity contribution in [3.63, 3.8) is 0 Å². The summed E-state index contributed by atoms with van der Waals surface area (Å²) in [5, 5.41) is 10.5. The molecule has 0 saturated heterocycles. The number of fused-ring (bicyclic) bond motifs is 1. The van der Waals surface area contributed by atoms with Crippen molar-refractivity contribution in [3.8, 4) is 5.75 Å². The second kappa shape index (κ2) is 4.90. The van der Waals surface area contributed by atoms with Gasteiger partial charge >= 0.3 is 0 Å². The summed E-state index contributed by atoms with van der Waals surface area (Å²) in [6.07, 6.45) is 1.22. The quantitative estimate of drug-likeness (QED) is 0.861. The number of hydrogen-bond acceptors (Lipinski definition) is 3. The Morgan fingerprint density at radius 2 is 2.17 bits per heavy atom. The molecule has 3 N–H and O–H groups in total. The highest BCUT2D eigenvalue weighted by molar-refractivity contribution is 5.47. The Balaban J connectivity index is 2.34. The van der Waals surface area contributed by atoms with E-state index in [1.165, 1.54) is 5.56 Å². The molecular formula is C15H23NO2. The first-order valence-electron chi connectivity index (χ1n) is 6.67. The first-order valence-corrected chi connectivity index (χ1v) is 6.67. The third-order valence-corrected chi connectivity index (χ3v) is 3.71. The van der Waals surface area contributed by atoms with Gasteiger partial charge in [-0.2, -0.15) is 0 Å². The SMILES string of the molecule is CCC(CN)C(O)c1cccc2c1OC(C)(C)C2. The van der Waals surface area contributed by atoms with Crippen LogP contribution in [0, 0.1) is 5.92 Å². The number of para-hydroxylation sites is 1. The Morgan fingerprint density at radius 3 is 2.78 bits per heavy atom. The Hall–Kier alpha value is -1.06. The molecule has 0 fully saturated rings. The van der Waals surface area contributed by atoms with Crippen molar-refractivity contribution in [1.82, 2.24) is 0 Å². The monoisotopic (exact) mass is 249 g/mol. The first kappa shape index (κ1) is 13.4. The Morgan fingerprint density at radius 1 is 1.44 bits per heavy atom. The third-order valence-electron chi connectivity index (χ3n) is 3.71. The molecule has 1 aromatic carbocycles. The van der Waals surface area contributed by atoms with E-state index in [9.17, 15) is 5.11 Å². The van der Waals surface area contributed by atoms with Gasteiger partial charge in [0.2, 0.25) is 0 Å². The molecule has 2 unspecified atom stereocenters. The number of ether oxygens (including phenoxy) is 1. The van der Waals surface area contributed by atoms with Gasteiger partial charge in [-0.25, -0.2) is 0 Å². The number of nitrogens with two attached hydrogens (primary N) is 1. The molecule has 2 atom stereocenters. The Bertz CT molecular complexity index is 425. The topological polar surface area (TPSA) is 55.5 Å². The minimum atomic E-state index is -0.538. The lowest BCUT2D eigenvalue weighted by Crippen LogP contribution is -2.25. The smallest absolute Gasteiger partial charge is 0.129 e. The fourth-order valence-corrected chi connectivity index (χ4v) is 2.65. The number of aliphatic hydroxyl groups is 1. The van der Waals surface area contributed by atoms with Crippen molar-refractivity contribution in [3.05, 3.63) is 29.3 Å². The number of aliphatic hydroxyl groups excluding tert-OH is 1. The van der Waals surface area contributed by atoms with E-state index in [0.29, 0.717) is 6.54 Å². The van der Waals surface area contributed by atoms with Gasteiger partial charge in [-0.3, -0.25) is 0 Å². The molecule has 1 aromatic rings. The summed E-state index contributed by atoms with van der Waals surface area (Å²) in [5.41, 5.74) is 7.61. The lowest BCUT2D eigenvalue weighted by Gasteiger charge is -2.23. The van der Waals surface area contributed by atoms with Crippen molar-refractivity contribution in [2.75, 3.05) is 6.54 Å². The Labute approximate surface area is 109 Å². The first-order chi connectivity index (χ1) is 8.48. The zero-order valence-corrected chi connectivity index (χ0v) is 11.4. The van der Waals surface area contributed by atoms with Gasteiger partial charge in [0, 0.05) is 17.9 Å². The summed E-state index contributed by atoms with van der Waals surface area (Å²) in [4.78, 5) is 0. The van der Waals surface area contributed by atoms with Gasteiger partial charge in [0.15, 0.2) is 0 Å². The maximum Gasteiger partial charge on any atom is 0.129 e. The molecule has 0 saturated carbocycles. The van der Waals surface area contributed by atoms with Crippen LogP contribution in [-0.2, 0) is 6.42 Å². The molecule has 1 aliphatic heterocycles. The van der Waals surface area contributed by atoms with Crippen molar-refractivity contribution in [2.45, 2.75) is 45.3 Å². The number of benzene rings is 1. The van der Waals surface area contributed by atoms with Gasteiger partial charge in [0.05, 0.1) is 6.10 Å². The maximum atomic E-state index is 10.5. The van der Waals surface area contributed by atoms with E-state index < -0.39 is 6.10 Å². The normalized spacial score (nSPS) is 20.1. The molecule has 0 radical (unpaired) electrons. The largest absolute Gasteiger partial charge is 0.487 e. The molecule has 18 heavy (non-hydrogen) atoms. The summed E-state index contributed by atoms with van der Waals surface area (Å²) in [6.45, 7) is 6.69.